The molecule has 4 rings (SSSR count). The number of hydrogen-bond acceptors (Lipinski definition) is 6. The van der Waals surface area contributed by atoms with E-state index in [1.165, 1.54) is 0 Å². The third kappa shape index (κ3) is 4.19. The molecule has 156 valence electrons. The van der Waals surface area contributed by atoms with Gasteiger partial charge in [0.15, 0.2) is 0 Å². The van der Waals surface area contributed by atoms with Crippen LogP contribution < -0.4 is 16.0 Å². The highest BCUT2D eigenvalue weighted by molar-refractivity contribution is 6.05. The molecule has 8 heteroatoms. The van der Waals surface area contributed by atoms with Crippen molar-refractivity contribution in [1.82, 2.24) is 20.9 Å². The van der Waals surface area contributed by atoms with Crippen LogP contribution in [0.3, 0.4) is 0 Å². The molecule has 0 aromatic heterocycles. The van der Waals surface area contributed by atoms with Crippen molar-refractivity contribution in [2.24, 2.45) is 0 Å². The van der Waals surface area contributed by atoms with Crippen LogP contribution in [0, 0.1) is 0 Å². The van der Waals surface area contributed by atoms with Crippen molar-refractivity contribution in [1.29, 1.82) is 0 Å². The van der Waals surface area contributed by atoms with E-state index < -0.39 is 6.04 Å². The lowest BCUT2D eigenvalue weighted by molar-refractivity contribution is -0.136. The van der Waals surface area contributed by atoms with E-state index in [1.54, 1.807) is 4.90 Å². The molecule has 2 atom stereocenters. The molecule has 2 unspecified atom stereocenters. The molecule has 0 saturated carbocycles. The number of morpholine rings is 1. The van der Waals surface area contributed by atoms with Crippen LogP contribution >= 0.6 is 0 Å². The van der Waals surface area contributed by atoms with Crippen molar-refractivity contribution < 1.29 is 19.1 Å². The standard InChI is InChI=1S/C21H28N4O4/c1-21(2)12-23-10-14(29-21)9-22-8-13-4-3-5-15-16(13)11-25(20(15)28)17-6-7-18(26)24-19(17)27/h3-5,14,17,22-23H,6-12H2,1-2H3,(H,24,26,27). The Bertz CT molecular complexity index is 838. The van der Waals surface area contributed by atoms with Crippen molar-refractivity contribution >= 4 is 17.7 Å². The Morgan fingerprint density at radius 3 is 2.86 bits per heavy atom. The molecule has 3 aliphatic rings. The zero-order chi connectivity index (χ0) is 20.6. The summed E-state index contributed by atoms with van der Waals surface area (Å²) in [6, 6.07) is 5.11. The number of benzene rings is 1. The monoisotopic (exact) mass is 400 g/mol. The molecule has 3 amide bonds. The molecule has 3 N–H and O–H groups in total. The fourth-order valence-corrected chi connectivity index (χ4v) is 4.37. The summed E-state index contributed by atoms with van der Waals surface area (Å²) in [5, 5.41) is 9.18. The van der Waals surface area contributed by atoms with E-state index in [0.29, 0.717) is 31.6 Å². The van der Waals surface area contributed by atoms with Crippen molar-refractivity contribution in [3.05, 3.63) is 34.9 Å². The summed E-state index contributed by atoms with van der Waals surface area (Å²) in [5.41, 5.74) is 2.48. The summed E-state index contributed by atoms with van der Waals surface area (Å²) in [7, 11) is 0. The highest BCUT2D eigenvalue weighted by Crippen LogP contribution is 2.29. The number of rotatable bonds is 5. The fraction of sp³-hybridized carbons (Fsp3) is 0.571. The molecule has 8 nitrogen and oxygen atoms in total. The minimum Gasteiger partial charge on any atom is -0.368 e. The molecule has 1 aromatic rings. The smallest absolute Gasteiger partial charge is 0.255 e. The van der Waals surface area contributed by atoms with Gasteiger partial charge >= 0.3 is 0 Å². The second-order valence-corrected chi connectivity index (χ2v) is 8.60. The molecule has 0 bridgehead atoms. The summed E-state index contributed by atoms with van der Waals surface area (Å²) < 4.78 is 6.08. The van der Waals surface area contributed by atoms with Gasteiger partial charge in [0.25, 0.3) is 5.91 Å². The first kappa shape index (κ1) is 20.0. The summed E-state index contributed by atoms with van der Waals surface area (Å²) in [5.74, 6) is -0.799. The van der Waals surface area contributed by atoms with Crippen LogP contribution in [-0.2, 0) is 27.4 Å². The van der Waals surface area contributed by atoms with Gasteiger partial charge in [0.2, 0.25) is 11.8 Å². The van der Waals surface area contributed by atoms with E-state index in [1.807, 2.05) is 18.2 Å². The van der Waals surface area contributed by atoms with Crippen LogP contribution in [-0.4, -0.2) is 60.0 Å². The van der Waals surface area contributed by atoms with Gasteiger partial charge in [0.1, 0.15) is 6.04 Å². The first-order valence-corrected chi connectivity index (χ1v) is 10.2. The summed E-state index contributed by atoms with van der Waals surface area (Å²) >= 11 is 0. The molecule has 1 aromatic carbocycles. The second-order valence-electron chi connectivity index (χ2n) is 8.60. The molecular weight excluding hydrogens is 372 g/mol. The SMILES string of the molecule is CC1(C)CNCC(CNCc2cccc3c2CN(C2CCC(=O)NC2=O)C3=O)O1. The number of fused-ring (bicyclic) bond motifs is 1. The topological polar surface area (TPSA) is 99.8 Å². The highest BCUT2D eigenvalue weighted by atomic mass is 16.5. The summed E-state index contributed by atoms with van der Waals surface area (Å²) in [6.07, 6.45) is 0.730. The Balaban J connectivity index is 1.40. The molecule has 0 aliphatic carbocycles. The number of ether oxygens (including phenoxy) is 1. The number of hydrogen-bond donors (Lipinski definition) is 3. The lowest BCUT2D eigenvalue weighted by Crippen LogP contribution is -2.53. The van der Waals surface area contributed by atoms with Crippen molar-refractivity contribution in [2.45, 2.75) is 57.5 Å². The van der Waals surface area contributed by atoms with Gasteiger partial charge in [-0.05, 0) is 37.5 Å². The maximum atomic E-state index is 12.9. The zero-order valence-electron chi connectivity index (χ0n) is 16.9. The average molecular weight is 400 g/mol. The van der Waals surface area contributed by atoms with Crippen molar-refractivity contribution in [3.63, 3.8) is 0 Å². The quantitative estimate of drug-likeness (QED) is 0.615. The fourth-order valence-electron chi connectivity index (χ4n) is 4.37. The minimum absolute atomic E-state index is 0.0945. The van der Waals surface area contributed by atoms with Gasteiger partial charge in [0, 0.05) is 44.7 Å². The van der Waals surface area contributed by atoms with E-state index in [9.17, 15) is 14.4 Å². The summed E-state index contributed by atoms with van der Waals surface area (Å²) in [4.78, 5) is 38.1. The number of nitrogens with one attached hydrogen (secondary N) is 3. The Morgan fingerprint density at radius 1 is 1.28 bits per heavy atom. The van der Waals surface area contributed by atoms with Crippen LogP contribution in [0.5, 0.6) is 0 Å². The minimum atomic E-state index is -0.586. The van der Waals surface area contributed by atoms with Gasteiger partial charge < -0.3 is 20.3 Å². The predicted molar refractivity (Wildman–Crippen MR) is 106 cm³/mol. The number of imide groups is 1. The predicted octanol–water partition coefficient (Wildman–Crippen LogP) is 0.304. The Hall–Kier alpha value is -2.29. The number of nitrogens with zero attached hydrogens (tertiary/aromatic N) is 1. The Kier molecular flexibility index (Phi) is 5.42. The van der Waals surface area contributed by atoms with Crippen LogP contribution in [0.25, 0.3) is 0 Å². The molecule has 29 heavy (non-hydrogen) atoms. The number of piperidine rings is 1. The van der Waals surface area contributed by atoms with Crippen LogP contribution in [0.4, 0.5) is 0 Å². The van der Waals surface area contributed by atoms with Crippen LogP contribution in [0.1, 0.15) is 48.2 Å². The largest absolute Gasteiger partial charge is 0.368 e. The maximum absolute atomic E-state index is 12.9. The second kappa shape index (κ2) is 7.85. The highest BCUT2D eigenvalue weighted by Gasteiger charge is 2.39. The van der Waals surface area contributed by atoms with E-state index in [2.05, 4.69) is 29.8 Å². The normalized spacial score (nSPS) is 26.4. The van der Waals surface area contributed by atoms with E-state index >= 15 is 0 Å². The molecule has 0 radical (unpaired) electrons. The third-order valence-corrected chi connectivity index (χ3v) is 5.77. The molecule has 0 spiro atoms. The molecule has 2 fully saturated rings. The van der Waals surface area contributed by atoms with E-state index in [4.69, 9.17) is 4.74 Å². The third-order valence-electron chi connectivity index (χ3n) is 5.77. The molecular formula is C21H28N4O4. The average Bonchev–Trinajstić information content (AvgIpc) is 2.99. The lowest BCUT2D eigenvalue weighted by atomic mass is 10.0. The van der Waals surface area contributed by atoms with Crippen molar-refractivity contribution in [3.8, 4) is 0 Å². The summed E-state index contributed by atoms with van der Waals surface area (Å²) in [6.45, 7) is 7.54. The number of carbonyl (C=O) groups excluding carboxylic acids is 3. The first-order chi connectivity index (χ1) is 13.8. The van der Waals surface area contributed by atoms with Crippen LogP contribution in [0.2, 0.25) is 0 Å². The lowest BCUT2D eigenvalue weighted by Gasteiger charge is -2.36. The van der Waals surface area contributed by atoms with Gasteiger partial charge in [-0.15, -0.1) is 0 Å². The van der Waals surface area contributed by atoms with Gasteiger partial charge in [-0.2, -0.15) is 0 Å². The first-order valence-electron chi connectivity index (χ1n) is 10.2. The van der Waals surface area contributed by atoms with E-state index in [-0.39, 0.29) is 35.8 Å². The van der Waals surface area contributed by atoms with Crippen LogP contribution in [0.15, 0.2) is 18.2 Å². The number of amides is 3. The van der Waals surface area contributed by atoms with Gasteiger partial charge in [-0.3, -0.25) is 19.7 Å². The van der Waals surface area contributed by atoms with Crippen molar-refractivity contribution in [2.75, 3.05) is 19.6 Å². The van der Waals surface area contributed by atoms with Gasteiger partial charge in [0.05, 0.1) is 11.7 Å². The zero-order valence-corrected chi connectivity index (χ0v) is 16.9. The maximum Gasteiger partial charge on any atom is 0.255 e. The van der Waals surface area contributed by atoms with E-state index in [0.717, 1.165) is 24.2 Å². The van der Waals surface area contributed by atoms with Gasteiger partial charge in [-0.1, -0.05) is 12.1 Å². The Labute approximate surface area is 170 Å². The number of carbonyl (C=O) groups is 3. The molecule has 3 aliphatic heterocycles. The molecule has 3 heterocycles. The Morgan fingerprint density at radius 2 is 2.10 bits per heavy atom. The van der Waals surface area contributed by atoms with Gasteiger partial charge in [-0.25, -0.2) is 0 Å². The molecule has 2 saturated heterocycles.